The minimum Gasteiger partial charge on any atom is -0.462 e. The molecule has 82 valence electrons. The van der Waals surface area contributed by atoms with Gasteiger partial charge in [0, 0.05) is 17.5 Å². The highest BCUT2D eigenvalue weighted by atomic mass is 16.5. The van der Waals surface area contributed by atoms with Crippen LogP contribution >= 0.6 is 0 Å². The monoisotopic (exact) mass is 209 g/mol. The van der Waals surface area contributed by atoms with Crippen LogP contribution in [0.5, 0.6) is 0 Å². The van der Waals surface area contributed by atoms with Crippen molar-refractivity contribution in [2.45, 2.75) is 27.2 Å². The zero-order chi connectivity index (χ0) is 11.4. The SMILES string of the molecule is CCOC(=O)c1c(C)[nH]c(CC)cc1=O. The van der Waals surface area contributed by atoms with Gasteiger partial charge in [0.2, 0.25) is 0 Å². The standard InChI is InChI=1S/C11H15NO3/c1-4-8-6-9(13)10(7(3)12-8)11(14)15-5-2/h6H,4-5H2,1-3H3,(H,12,13). The first-order valence-electron chi connectivity index (χ1n) is 5.00. The van der Waals surface area contributed by atoms with Crippen molar-refractivity contribution in [3.8, 4) is 0 Å². The molecule has 0 fully saturated rings. The van der Waals surface area contributed by atoms with Crippen molar-refractivity contribution in [3.05, 3.63) is 33.2 Å². The molecule has 0 saturated carbocycles. The Balaban J connectivity index is 3.20. The van der Waals surface area contributed by atoms with Crippen molar-refractivity contribution < 1.29 is 9.53 Å². The molecule has 1 N–H and O–H groups in total. The van der Waals surface area contributed by atoms with Gasteiger partial charge < -0.3 is 9.72 Å². The molecule has 0 aliphatic rings. The van der Waals surface area contributed by atoms with Gasteiger partial charge in [-0.05, 0) is 20.3 Å². The fourth-order valence-corrected chi connectivity index (χ4v) is 1.40. The maximum atomic E-state index is 11.6. The molecule has 0 aliphatic carbocycles. The molecular weight excluding hydrogens is 194 g/mol. The first-order valence-corrected chi connectivity index (χ1v) is 5.00. The number of aromatic amines is 1. The Hall–Kier alpha value is -1.58. The minimum atomic E-state index is -0.557. The van der Waals surface area contributed by atoms with Crippen molar-refractivity contribution in [3.63, 3.8) is 0 Å². The average Bonchev–Trinajstić information content (AvgIpc) is 2.16. The van der Waals surface area contributed by atoms with E-state index in [4.69, 9.17) is 4.74 Å². The summed E-state index contributed by atoms with van der Waals surface area (Å²) in [4.78, 5) is 26.1. The number of pyridine rings is 1. The van der Waals surface area contributed by atoms with Crippen LogP contribution in [-0.4, -0.2) is 17.6 Å². The number of carbonyl (C=O) groups excluding carboxylic acids is 1. The van der Waals surface area contributed by atoms with Gasteiger partial charge in [-0.2, -0.15) is 0 Å². The van der Waals surface area contributed by atoms with Gasteiger partial charge in [-0.15, -0.1) is 0 Å². The predicted molar refractivity (Wildman–Crippen MR) is 57.1 cm³/mol. The summed E-state index contributed by atoms with van der Waals surface area (Å²) in [6.45, 7) is 5.62. The first kappa shape index (κ1) is 11.5. The van der Waals surface area contributed by atoms with E-state index in [1.165, 1.54) is 6.07 Å². The molecule has 1 heterocycles. The molecule has 0 unspecified atom stereocenters. The highest BCUT2D eigenvalue weighted by Crippen LogP contribution is 2.03. The predicted octanol–water partition coefficient (Wildman–Crippen LogP) is 1.42. The van der Waals surface area contributed by atoms with Crippen LogP contribution in [0, 0.1) is 6.92 Å². The third-order valence-electron chi connectivity index (χ3n) is 2.14. The highest BCUT2D eigenvalue weighted by molar-refractivity contribution is 5.90. The van der Waals surface area contributed by atoms with E-state index in [0.717, 1.165) is 12.1 Å². The van der Waals surface area contributed by atoms with Crippen LogP contribution in [0.4, 0.5) is 0 Å². The van der Waals surface area contributed by atoms with E-state index >= 15 is 0 Å². The number of aromatic nitrogens is 1. The summed E-state index contributed by atoms with van der Waals surface area (Å²) in [5, 5.41) is 0. The first-order chi connectivity index (χ1) is 7.10. The lowest BCUT2D eigenvalue weighted by Crippen LogP contribution is -2.20. The van der Waals surface area contributed by atoms with Gasteiger partial charge in [0.05, 0.1) is 6.61 Å². The Morgan fingerprint density at radius 1 is 1.47 bits per heavy atom. The summed E-state index contributed by atoms with van der Waals surface area (Å²) in [6.07, 6.45) is 0.735. The normalized spacial score (nSPS) is 10.1. The van der Waals surface area contributed by atoms with Crippen molar-refractivity contribution in [1.82, 2.24) is 4.98 Å². The highest BCUT2D eigenvalue weighted by Gasteiger charge is 2.15. The number of H-pyrrole nitrogens is 1. The van der Waals surface area contributed by atoms with E-state index in [-0.39, 0.29) is 17.6 Å². The van der Waals surface area contributed by atoms with Crippen molar-refractivity contribution in [2.24, 2.45) is 0 Å². The molecular formula is C11H15NO3. The number of rotatable bonds is 3. The largest absolute Gasteiger partial charge is 0.462 e. The molecule has 0 spiro atoms. The molecule has 1 rings (SSSR count). The molecule has 1 aromatic heterocycles. The number of carbonyl (C=O) groups is 1. The van der Waals surface area contributed by atoms with Crippen LogP contribution in [-0.2, 0) is 11.2 Å². The van der Waals surface area contributed by atoms with E-state index < -0.39 is 5.97 Å². The third-order valence-corrected chi connectivity index (χ3v) is 2.14. The van der Waals surface area contributed by atoms with Gasteiger partial charge in [-0.25, -0.2) is 4.79 Å². The lowest BCUT2D eigenvalue weighted by atomic mass is 10.1. The Kier molecular flexibility index (Phi) is 3.66. The summed E-state index contributed by atoms with van der Waals surface area (Å²) in [5.74, 6) is -0.557. The second-order valence-electron chi connectivity index (χ2n) is 3.23. The average molecular weight is 209 g/mol. The van der Waals surface area contributed by atoms with Crippen LogP contribution < -0.4 is 5.43 Å². The van der Waals surface area contributed by atoms with Gasteiger partial charge >= 0.3 is 5.97 Å². The van der Waals surface area contributed by atoms with Gasteiger partial charge in [-0.1, -0.05) is 6.92 Å². The Bertz CT molecular complexity index is 420. The number of ether oxygens (including phenoxy) is 1. The quantitative estimate of drug-likeness (QED) is 0.766. The van der Waals surface area contributed by atoms with Crippen molar-refractivity contribution in [2.75, 3.05) is 6.61 Å². The Labute approximate surface area is 88.3 Å². The topological polar surface area (TPSA) is 59.2 Å². The fourth-order valence-electron chi connectivity index (χ4n) is 1.40. The zero-order valence-corrected chi connectivity index (χ0v) is 9.22. The molecule has 0 amide bonds. The smallest absolute Gasteiger partial charge is 0.343 e. The Morgan fingerprint density at radius 3 is 2.60 bits per heavy atom. The van der Waals surface area contributed by atoms with Crippen molar-refractivity contribution >= 4 is 5.97 Å². The molecule has 0 aromatic carbocycles. The van der Waals surface area contributed by atoms with Gasteiger partial charge in [-0.3, -0.25) is 4.79 Å². The summed E-state index contributed by atoms with van der Waals surface area (Å²) in [5.41, 5.74) is 1.22. The second-order valence-corrected chi connectivity index (χ2v) is 3.23. The summed E-state index contributed by atoms with van der Waals surface area (Å²) >= 11 is 0. The fraction of sp³-hybridized carbons (Fsp3) is 0.455. The number of hydrogen-bond donors (Lipinski definition) is 1. The third kappa shape index (κ3) is 2.46. The molecule has 4 nitrogen and oxygen atoms in total. The van der Waals surface area contributed by atoms with Gasteiger partial charge in [0.15, 0.2) is 5.43 Å². The lowest BCUT2D eigenvalue weighted by molar-refractivity contribution is 0.0523. The molecule has 0 bridgehead atoms. The summed E-state index contributed by atoms with van der Waals surface area (Å²) < 4.78 is 4.80. The molecule has 0 radical (unpaired) electrons. The van der Waals surface area contributed by atoms with Crippen LogP contribution in [0.15, 0.2) is 10.9 Å². The maximum absolute atomic E-state index is 11.6. The van der Waals surface area contributed by atoms with E-state index in [9.17, 15) is 9.59 Å². The zero-order valence-electron chi connectivity index (χ0n) is 9.22. The molecule has 4 heteroatoms. The van der Waals surface area contributed by atoms with Crippen LogP contribution in [0.2, 0.25) is 0 Å². The molecule has 15 heavy (non-hydrogen) atoms. The minimum absolute atomic E-state index is 0.106. The van der Waals surface area contributed by atoms with E-state index in [1.807, 2.05) is 6.92 Å². The number of nitrogens with one attached hydrogen (secondary N) is 1. The van der Waals surface area contributed by atoms with E-state index in [0.29, 0.717) is 5.69 Å². The molecule has 0 aliphatic heterocycles. The summed E-state index contributed by atoms with van der Waals surface area (Å²) in [7, 11) is 0. The van der Waals surface area contributed by atoms with Crippen molar-refractivity contribution in [1.29, 1.82) is 0 Å². The number of hydrogen-bond acceptors (Lipinski definition) is 3. The number of aryl methyl sites for hydroxylation is 2. The molecule has 1 aromatic rings. The molecule has 0 atom stereocenters. The van der Waals surface area contributed by atoms with Gasteiger partial charge in [0.1, 0.15) is 5.56 Å². The number of esters is 1. The molecule has 0 saturated heterocycles. The lowest BCUT2D eigenvalue weighted by Gasteiger charge is -2.06. The van der Waals surface area contributed by atoms with Gasteiger partial charge in [0.25, 0.3) is 0 Å². The van der Waals surface area contributed by atoms with Crippen LogP contribution in [0.1, 0.15) is 35.6 Å². The second kappa shape index (κ2) is 4.77. The van der Waals surface area contributed by atoms with Crippen LogP contribution in [0.25, 0.3) is 0 Å². The van der Waals surface area contributed by atoms with E-state index in [2.05, 4.69) is 4.98 Å². The van der Waals surface area contributed by atoms with E-state index in [1.54, 1.807) is 13.8 Å². The Morgan fingerprint density at radius 2 is 2.13 bits per heavy atom. The summed E-state index contributed by atoms with van der Waals surface area (Å²) in [6, 6.07) is 1.44. The maximum Gasteiger partial charge on any atom is 0.343 e. The van der Waals surface area contributed by atoms with Crippen LogP contribution in [0.3, 0.4) is 0 Å².